The van der Waals surface area contributed by atoms with E-state index in [2.05, 4.69) is 38.4 Å². The Morgan fingerprint density at radius 1 is 0.512 bits per heavy atom. The number of ether oxygens (including phenoxy) is 5. The molecule has 0 bridgehead atoms. The number of aromatic nitrogens is 1. The molecule has 7 aliphatic rings. The summed E-state index contributed by atoms with van der Waals surface area (Å²) in [6, 6.07) is 47.4. The number of benzene rings is 6. The van der Waals surface area contributed by atoms with Gasteiger partial charge in [-0.15, -0.1) is 11.3 Å². The van der Waals surface area contributed by atoms with Gasteiger partial charge < -0.3 is 50.7 Å². The van der Waals surface area contributed by atoms with Crippen LogP contribution in [0.3, 0.4) is 0 Å². The van der Waals surface area contributed by atoms with Crippen LogP contribution < -0.4 is 36.5 Å². The number of hydrogen-bond donors (Lipinski definition) is 5. The van der Waals surface area contributed by atoms with E-state index in [1.807, 2.05) is 129 Å². The third-order valence-electron chi connectivity index (χ3n) is 22.6. The number of methoxy groups -OCH3 is 4. The maximum atomic E-state index is 14.8. The number of nitrogens with zero attached hydrogens (tertiary/aromatic N) is 1. The molecule has 0 spiro atoms. The number of thiophene rings is 2. The summed E-state index contributed by atoms with van der Waals surface area (Å²) in [6.07, 6.45) is 6.44. The summed E-state index contributed by atoms with van der Waals surface area (Å²) < 4.78 is 41.3. The molecular weight excluding hydrogens is 1660 g/mol. The summed E-state index contributed by atoms with van der Waals surface area (Å²) in [7, 11) is 5.72. The summed E-state index contributed by atoms with van der Waals surface area (Å²) in [5.74, 6) is -3.24. The minimum absolute atomic E-state index is 0.0151. The van der Waals surface area contributed by atoms with E-state index in [0.29, 0.717) is 136 Å². The third kappa shape index (κ3) is 18.1. The average Bonchev–Trinajstić information content (AvgIpc) is 1.70. The number of dihydropyridines is 3. The van der Waals surface area contributed by atoms with Gasteiger partial charge in [0.2, 0.25) is 5.78 Å². The molecule has 3 aromatic heterocycles. The van der Waals surface area contributed by atoms with Crippen LogP contribution in [0, 0.1) is 5.82 Å². The van der Waals surface area contributed by atoms with Crippen molar-refractivity contribution < 1.29 is 66.4 Å². The maximum Gasteiger partial charge on any atom is 0.336 e. The van der Waals surface area contributed by atoms with Crippen LogP contribution in [0.15, 0.2) is 260 Å². The number of rotatable bonds is 16. The number of esters is 3. The van der Waals surface area contributed by atoms with Gasteiger partial charge in [0.25, 0.3) is 0 Å². The number of nitrogens with two attached hydrogens (primary N) is 1. The Kier molecular flexibility index (Phi) is 27.5. The van der Waals surface area contributed by atoms with Crippen molar-refractivity contribution in [3.8, 4) is 11.5 Å². The molecule has 9 aromatic rings. The van der Waals surface area contributed by atoms with Gasteiger partial charge in [0.15, 0.2) is 34.6 Å². The van der Waals surface area contributed by atoms with Gasteiger partial charge >= 0.3 is 17.9 Å². The topological polar surface area (TPSA) is 270 Å². The number of fused-ring (bicyclic) bond motifs is 1. The molecule has 0 fully saturated rings. The van der Waals surface area contributed by atoms with Gasteiger partial charge in [-0.3, -0.25) is 29.0 Å². The Hall–Kier alpha value is -11.5. The van der Waals surface area contributed by atoms with Crippen LogP contribution in [0.25, 0.3) is 0 Å². The third-order valence-corrected chi connectivity index (χ3v) is 25.7. The number of carbonyl (C=O) groups is 8. The Morgan fingerprint density at radius 2 is 1.01 bits per heavy atom. The van der Waals surface area contributed by atoms with Crippen molar-refractivity contribution in [2.75, 3.05) is 46.1 Å². The molecule has 0 radical (unpaired) electrons. The summed E-state index contributed by atoms with van der Waals surface area (Å²) in [6.45, 7) is 10.9. The second-order valence-electron chi connectivity index (χ2n) is 29.9. The molecule has 0 amide bonds. The summed E-state index contributed by atoms with van der Waals surface area (Å²) >= 11 is 26.9. The Labute approximate surface area is 728 Å². The average molecular weight is 1750 g/mol. The van der Waals surface area contributed by atoms with Crippen LogP contribution in [0.2, 0.25) is 20.1 Å². The molecule has 16 rings (SSSR count). The first-order chi connectivity index (χ1) is 58.2. The maximum absolute atomic E-state index is 14.8. The van der Waals surface area contributed by atoms with Crippen LogP contribution in [-0.2, 0) is 47.8 Å². The lowest BCUT2D eigenvalue weighted by atomic mass is 9.71. The quantitative estimate of drug-likeness (QED) is 0.0342. The molecule has 19 nitrogen and oxygen atoms in total. The fourth-order valence-corrected chi connectivity index (χ4v) is 19.6. The van der Waals surface area contributed by atoms with E-state index in [1.54, 1.807) is 88.2 Å². The Morgan fingerprint density at radius 3 is 1.49 bits per heavy atom. The summed E-state index contributed by atoms with van der Waals surface area (Å²) in [5, 5.41) is 19.9. The van der Waals surface area contributed by atoms with Crippen LogP contribution in [0.1, 0.15) is 181 Å². The van der Waals surface area contributed by atoms with E-state index in [0.717, 1.165) is 67.7 Å². The molecule has 0 saturated heterocycles. The minimum Gasteiger partial charge on any atom is -0.493 e. The normalized spacial score (nSPS) is 19.7. The highest BCUT2D eigenvalue weighted by molar-refractivity contribution is 7.19. The van der Waals surface area contributed by atoms with Gasteiger partial charge in [-0.05, 0) is 184 Å². The molecule has 26 heteroatoms. The highest BCUT2D eigenvalue weighted by Gasteiger charge is 2.47. The van der Waals surface area contributed by atoms with Gasteiger partial charge in [-0.1, -0.05) is 137 Å². The molecule has 4 aliphatic heterocycles. The first kappa shape index (κ1) is 87.3. The van der Waals surface area contributed by atoms with Crippen LogP contribution in [0.5, 0.6) is 11.5 Å². The van der Waals surface area contributed by atoms with Crippen LogP contribution in [0.4, 0.5) is 15.1 Å². The van der Waals surface area contributed by atoms with Gasteiger partial charge in [0, 0.05) is 138 Å². The molecule has 3 aliphatic carbocycles. The Balaban J connectivity index is 0.000000139. The number of para-hydroxylation sites is 1. The molecular formula is C95H87Cl4FN6O13S2. The smallest absolute Gasteiger partial charge is 0.336 e. The zero-order valence-electron chi connectivity index (χ0n) is 67.8. The van der Waals surface area contributed by atoms with Gasteiger partial charge in [-0.2, -0.15) is 11.3 Å². The van der Waals surface area contributed by atoms with Crippen molar-refractivity contribution in [3.05, 3.63) is 341 Å². The number of anilines is 2. The van der Waals surface area contributed by atoms with E-state index in [1.165, 1.54) is 50.2 Å². The summed E-state index contributed by atoms with van der Waals surface area (Å²) in [4.78, 5) is 109. The number of nitrogens with one attached hydrogen (secondary N) is 4. The van der Waals surface area contributed by atoms with Gasteiger partial charge in [0.05, 0.1) is 84.3 Å². The Bertz CT molecular complexity index is 5860. The number of ketones is 5. The standard InChI is InChI=1S/C26H26ClNO5.C24H21ClFNO3.C23H23NO3S.C22H17Cl2N3O2S/c1-14-22(26(30)33-4)23(18-6-5-7-21(31-2)25(18)32-3)24-19(28-14)12-16(13-20(24)29)15-8-10-17(27)11-9-15;1-13-21(24(29)30-2)22(17-5-3-4-6-18(17)26)23-19(27-13)11-15(12-20(23)28)14-7-9-16(25)10-8-14;1-3-27-23(26)20-14(2)24-18-11-17(15-7-5-4-6-8-15)12-19(25)22(18)21(20)16-9-10-28-13-16;1-10-16(11(2)28)17(13-4-3-7-26-9-13)18-19(25)21(30-22(18)27-10)20(29)12-5-6-14(23)15(24)8-12/h5-11,16,23,28H,12-13H2,1-4H3;3-10,15,22,27H,11-12H2,1-2H3;4-10,13,17,21,24H,3,11-12H2,1-2H3;3-9,17,27H,25H2,1-2H3. The van der Waals surface area contributed by atoms with E-state index in [-0.39, 0.29) is 70.6 Å². The number of Topliss-reactive ketones (excluding diaryl/α,β-unsaturated/α-hetero) is 4. The van der Waals surface area contributed by atoms with Gasteiger partial charge in [-0.25, -0.2) is 18.8 Å². The van der Waals surface area contributed by atoms with Crippen molar-refractivity contribution in [1.29, 1.82) is 0 Å². The SMILES string of the molecule is CC(=O)C1=C(C)Nc2sc(C(=O)c3ccc(Cl)c(Cl)c3)c(N)c2C1c1cccnc1.CCOC(=O)C1=C(C)NC2=C(C(=O)CC(c3ccccc3)C2)C1c1ccsc1.COC(=O)C1=C(C)NC2=C(C(=O)CC(c3ccc(Cl)cc3)C2)C1c1cccc(OC)c1OC.COC(=O)C1=C(C)NC2=C(C(=O)CC(c3ccc(Cl)cc3)C2)C1c1ccccc1F. The molecule has 7 atom stereocenters. The highest BCUT2D eigenvalue weighted by atomic mass is 35.5. The number of hydrogen-bond acceptors (Lipinski definition) is 21. The van der Waals surface area contributed by atoms with Crippen molar-refractivity contribution >= 4 is 127 Å². The highest BCUT2D eigenvalue weighted by Crippen LogP contribution is 2.54. The number of allylic oxidation sites excluding steroid dienone is 11. The fraction of sp³-hybridized carbons (Fsp3) is 0.253. The molecule has 7 heterocycles. The first-order valence-electron chi connectivity index (χ1n) is 39.1. The van der Waals surface area contributed by atoms with Gasteiger partial charge in [0.1, 0.15) is 10.7 Å². The molecule has 7 unspecified atom stereocenters. The fourth-order valence-electron chi connectivity index (χ4n) is 17.2. The number of pyridine rings is 1. The minimum atomic E-state index is -0.798. The predicted molar refractivity (Wildman–Crippen MR) is 470 cm³/mol. The van der Waals surface area contributed by atoms with E-state index in [4.69, 9.17) is 75.8 Å². The van der Waals surface area contributed by atoms with E-state index in [9.17, 15) is 42.7 Å². The van der Waals surface area contributed by atoms with E-state index < -0.39 is 35.5 Å². The number of carbonyl (C=O) groups excluding carboxylic acids is 8. The number of halogens is 5. The lowest BCUT2D eigenvalue weighted by molar-refractivity contribution is -0.139. The van der Waals surface area contributed by atoms with Crippen molar-refractivity contribution in [1.82, 2.24) is 20.9 Å². The number of nitrogen functional groups attached to an aromatic ring is 1. The zero-order valence-corrected chi connectivity index (χ0v) is 72.5. The molecule has 121 heavy (non-hydrogen) atoms. The molecule has 622 valence electrons. The van der Waals surface area contributed by atoms with Crippen molar-refractivity contribution in [2.24, 2.45) is 0 Å². The second kappa shape index (κ2) is 38.1. The monoisotopic (exact) mass is 1740 g/mol. The van der Waals surface area contributed by atoms with E-state index >= 15 is 0 Å². The van der Waals surface area contributed by atoms with Crippen molar-refractivity contribution in [2.45, 2.75) is 121 Å². The van der Waals surface area contributed by atoms with Crippen LogP contribution in [-0.4, -0.2) is 86.9 Å². The molecule has 6 N–H and O–H groups in total. The summed E-state index contributed by atoms with van der Waals surface area (Å²) in [5.41, 5.74) is 22.7. The van der Waals surface area contributed by atoms with Crippen LogP contribution >= 0.6 is 69.1 Å². The molecule has 0 saturated carbocycles. The zero-order chi connectivity index (χ0) is 86.4. The largest absolute Gasteiger partial charge is 0.493 e. The molecule has 6 aromatic carbocycles. The second-order valence-corrected chi connectivity index (χ2v) is 33.4. The lowest BCUT2D eigenvalue weighted by Crippen LogP contribution is -2.36. The first-order valence-corrected chi connectivity index (χ1v) is 42.4. The lowest BCUT2D eigenvalue weighted by Gasteiger charge is -2.37. The van der Waals surface area contributed by atoms with Crippen molar-refractivity contribution in [3.63, 3.8) is 0 Å². The predicted octanol–water partition coefficient (Wildman–Crippen LogP) is 20.3.